The zero-order chi connectivity index (χ0) is 20.0. The van der Waals surface area contributed by atoms with Gasteiger partial charge in [-0.25, -0.2) is 4.98 Å². The Bertz CT molecular complexity index is 827. The Morgan fingerprint density at radius 1 is 1.19 bits per heavy atom. The maximum atomic E-state index is 12.3. The number of hydrogen-bond acceptors (Lipinski definition) is 5. The molecular formula is C17H17F3N4O3. The van der Waals surface area contributed by atoms with Crippen molar-refractivity contribution in [1.82, 2.24) is 15.3 Å². The van der Waals surface area contributed by atoms with Crippen molar-refractivity contribution in [3.8, 4) is 5.75 Å². The van der Waals surface area contributed by atoms with Crippen LogP contribution in [0.4, 0.5) is 19.0 Å². The standard InChI is InChI=1S/C17H17F3N4O3/c1-10(14-8-13(4-6-21-14)27-9-17(18,19)20)23-16(26)12-3-5-22-15(7-12)24-11(2)25/h3-8,10H,9H2,1-2H3,(H,23,26)(H,22,24,25). The topological polar surface area (TPSA) is 93.2 Å². The number of aromatic nitrogens is 2. The van der Waals surface area contributed by atoms with Crippen molar-refractivity contribution in [3.63, 3.8) is 0 Å². The lowest BCUT2D eigenvalue weighted by Crippen LogP contribution is -2.27. The third-order valence-corrected chi connectivity index (χ3v) is 3.27. The third kappa shape index (κ3) is 6.57. The minimum atomic E-state index is -4.45. The van der Waals surface area contributed by atoms with Gasteiger partial charge in [0.15, 0.2) is 6.61 Å². The van der Waals surface area contributed by atoms with E-state index in [1.54, 1.807) is 6.92 Å². The van der Waals surface area contributed by atoms with Gasteiger partial charge in [0.25, 0.3) is 5.91 Å². The highest BCUT2D eigenvalue weighted by Crippen LogP contribution is 2.21. The maximum absolute atomic E-state index is 12.3. The SMILES string of the molecule is CC(=O)Nc1cc(C(=O)NC(C)c2cc(OCC(F)(F)F)ccn2)ccn1. The molecule has 0 radical (unpaired) electrons. The van der Waals surface area contributed by atoms with E-state index in [1.807, 2.05) is 0 Å². The van der Waals surface area contributed by atoms with Crippen LogP contribution in [-0.4, -0.2) is 34.6 Å². The molecule has 2 aromatic rings. The van der Waals surface area contributed by atoms with E-state index in [1.165, 1.54) is 43.6 Å². The van der Waals surface area contributed by atoms with Crippen LogP contribution in [0.25, 0.3) is 0 Å². The zero-order valence-corrected chi connectivity index (χ0v) is 14.5. The number of rotatable bonds is 6. The van der Waals surface area contributed by atoms with Gasteiger partial charge in [0.05, 0.1) is 11.7 Å². The number of anilines is 1. The van der Waals surface area contributed by atoms with Gasteiger partial charge in [-0.15, -0.1) is 0 Å². The summed E-state index contributed by atoms with van der Waals surface area (Å²) in [6, 6.07) is 4.89. The van der Waals surface area contributed by atoms with Crippen molar-refractivity contribution in [1.29, 1.82) is 0 Å². The first-order valence-electron chi connectivity index (χ1n) is 7.84. The zero-order valence-electron chi connectivity index (χ0n) is 14.5. The van der Waals surface area contributed by atoms with Crippen LogP contribution in [0.15, 0.2) is 36.7 Å². The first-order chi connectivity index (χ1) is 12.6. The molecule has 0 saturated carbocycles. The highest BCUT2D eigenvalue weighted by molar-refractivity contribution is 5.96. The predicted octanol–water partition coefficient (Wildman–Crippen LogP) is 2.87. The van der Waals surface area contributed by atoms with Crippen LogP contribution < -0.4 is 15.4 Å². The quantitative estimate of drug-likeness (QED) is 0.801. The summed E-state index contributed by atoms with van der Waals surface area (Å²) in [4.78, 5) is 31.4. The second kappa shape index (κ2) is 8.47. The summed E-state index contributed by atoms with van der Waals surface area (Å²) >= 11 is 0. The van der Waals surface area contributed by atoms with Crippen molar-refractivity contribution in [2.45, 2.75) is 26.1 Å². The number of halogens is 3. The molecule has 0 fully saturated rings. The smallest absolute Gasteiger partial charge is 0.422 e. The largest absolute Gasteiger partial charge is 0.484 e. The number of pyridine rings is 2. The molecule has 2 N–H and O–H groups in total. The second-order valence-corrected chi connectivity index (χ2v) is 5.63. The Balaban J connectivity index is 2.05. The Morgan fingerprint density at radius 3 is 2.56 bits per heavy atom. The van der Waals surface area contributed by atoms with E-state index >= 15 is 0 Å². The Morgan fingerprint density at radius 2 is 1.89 bits per heavy atom. The number of ether oxygens (including phenoxy) is 1. The van der Waals surface area contributed by atoms with Crippen molar-refractivity contribution in [2.24, 2.45) is 0 Å². The second-order valence-electron chi connectivity index (χ2n) is 5.63. The molecule has 1 atom stereocenters. The summed E-state index contributed by atoms with van der Waals surface area (Å²) in [5.41, 5.74) is 0.587. The molecule has 0 aromatic carbocycles. The molecule has 0 aliphatic heterocycles. The molecule has 0 spiro atoms. The average molecular weight is 382 g/mol. The molecule has 0 aliphatic carbocycles. The number of nitrogens with one attached hydrogen (secondary N) is 2. The van der Waals surface area contributed by atoms with Crippen molar-refractivity contribution in [3.05, 3.63) is 47.9 Å². The Labute approximate surface area is 153 Å². The predicted molar refractivity (Wildman–Crippen MR) is 90.2 cm³/mol. The molecule has 2 rings (SSSR count). The molecule has 0 bridgehead atoms. The van der Waals surface area contributed by atoms with E-state index in [9.17, 15) is 22.8 Å². The normalized spacial score (nSPS) is 12.2. The van der Waals surface area contributed by atoms with Crippen molar-refractivity contribution >= 4 is 17.6 Å². The molecule has 7 nitrogen and oxygen atoms in total. The van der Waals surface area contributed by atoms with E-state index in [0.29, 0.717) is 5.69 Å². The van der Waals surface area contributed by atoms with Crippen LogP contribution in [0.2, 0.25) is 0 Å². The number of hydrogen-bond donors (Lipinski definition) is 2. The summed E-state index contributed by atoms with van der Waals surface area (Å²) in [6.07, 6.45) is -1.78. The fourth-order valence-corrected chi connectivity index (χ4v) is 2.09. The molecule has 0 aliphatic rings. The van der Waals surface area contributed by atoms with Gasteiger partial charge >= 0.3 is 6.18 Å². The number of alkyl halides is 3. The van der Waals surface area contributed by atoms with E-state index < -0.39 is 24.7 Å². The van der Waals surface area contributed by atoms with Crippen LogP contribution in [0, 0.1) is 0 Å². The highest BCUT2D eigenvalue weighted by Gasteiger charge is 2.28. The third-order valence-electron chi connectivity index (χ3n) is 3.27. The van der Waals surface area contributed by atoms with E-state index in [0.717, 1.165) is 0 Å². The lowest BCUT2D eigenvalue weighted by molar-refractivity contribution is -0.153. The van der Waals surface area contributed by atoms with E-state index in [2.05, 4.69) is 25.3 Å². The molecule has 27 heavy (non-hydrogen) atoms. The van der Waals surface area contributed by atoms with Crippen LogP contribution in [0.3, 0.4) is 0 Å². The van der Waals surface area contributed by atoms with E-state index in [4.69, 9.17) is 0 Å². The van der Waals surface area contributed by atoms with Gasteiger partial charge < -0.3 is 15.4 Å². The first-order valence-corrected chi connectivity index (χ1v) is 7.84. The van der Waals surface area contributed by atoms with Crippen molar-refractivity contribution in [2.75, 3.05) is 11.9 Å². The molecule has 1 unspecified atom stereocenters. The lowest BCUT2D eigenvalue weighted by atomic mass is 10.1. The molecule has 2 heterocycles. The van der Waals surface area contributed by atoms with Gasteiger partial charge in [-0.1, -0.05) is 0 Å². The molecular weight excluding hydrogens is 365 g/mol. The minimum absolute atomic E-state index is 0.00437. The lowest BCUT2D eigenvalue weighted by Gasteiger charge is -2.15. The van der Waals surface area contributed by atoms with Crippen molar-refractivity contribution < 1.29 is 27.5 Å². The number of carbonyl (C=O) groups is 2. The number of amides is 2. The minimum Gasteiger partial charge on any atom is -0.484 e. The van der Waals surface area contributed by atoms with Gasteiger partial charge in [-0.2, -0.15) is 13.2 Å². The maximum Gasteiger partial charge on any atom is 0.422 e. The molecule has 144 valence electrons. The number of nitrogens with zero attached hydrogens (tertiary/aromatic N) is 2. The Kier molecular flexibility index (Phi) is 6.32. The van der Waals surface area contributed by atoms with Gasteiger partial charge in [0.2, 0.25) is 5.91 Å². The molecule has 2 amide bonds. The fourth-order valence-electron chi connectivity index (χ4n) is 2.09. The number of carbonyl (C=O) groups excluding carboxylic acids is 2. The summed E-state index contributed by atoms with van der Waals surface area (Å²) in [7, 11) is 0. The van der Waals surface area contributed by atoms with Gasteiger partial charge in [-0.3, -0.25) is 14.6 Å². The van der Waals surface area contributed by atoms with Gasteiger partial charge in [0, 0.05) is 30.9 Å². The summed E-state index contributed by atoms with van der Waals surface area (Å²) < 4.78 is 41.4. The molecule has 10 heteroatoms. The van der Waals surface area contributed by atoms with Gasteiger partial charge in [-0.05, 0) is 25.1 Å². The average Bonchev–Trinajstić information content (AvgIpc) is 2.59. The first kappa shape index (κ1) is 20.1. The van der Waals surface area contributed by atoms with E-state index in [-0.39, 0.29) is 23.0 Å². The summed E-state index contributed by atoms with van der Waals surface area (Å²) in [5.74, 6) is -0.563. The molecule has 2 aromatic heterocycles. The van der Waals surface area contributed by atoms with Crippen LogP contribution in [0.5, 0.6) is 5.75 Å². The highest BCUT2D eigenvalue weighted by atomic mass is 19.4. The van der Waals surface area contributed by atoms with Gasteiger partial charge in [0.1, 0.15) is 11.6 Å². The van der Waals surface area contributed by atoms with Crippen LogP contribution in [0.1, 0.15) is 35.9 Å². The molecule has 0 saturated heterocycles. The summed E-state index contributed by atoms with van der Waals surface area (Å²) in [5, 5.41) is 5.14. The fraction of sp³-hybridized carbons (Fsp3) is 0.294. The monoisotopic (exact) mass is 382 g/mol. The van der Waals surface area contributed by atoms with Crippen LogP contribution in [-0.2, 0) is 4.79 Å². The van der Waals surface area contributed by atoms with Crippen LogP contribution >= 0.6 is 0 Å². The Hall–Kier alpha value is -3.17. The summed E-state index contributed by atoms with van der Waals surface area (Å²) in [6.45, 7) is 1.53.